The summed E-state index contributed by atoms with van der Waals surface area (Å²) in [6.07, 6.45) is 0. The van der Waals surface area contributed by atoms with Gasteiger partial charge in [0.15, 0.2) is 11.6 Å². The largest absolute Gasteiger partial charge is 0.399 e. The molecule has 0 saturated heterocycles. The van der Waals surface area contributed by atoms with Crippen molar-refractivity contribution in [1.29, 1.82) is 0 Å². The Labute approximate surface area is 123 Å². The second-order valence-corrected chi connectivity index (χ2v) is 4.66. The molecule has 5 nitrogen and oxygen atoms in total. The molecule has 0 spiro atoms. The fourth-order valence-corrected chi connectivity index (χ4v) is 2.16. The van der Waals surface area contributed by atoms with Gasteiger partial charge in [0, 0.05) is 17.3 Å². The normalized spacial score (nSPS) is 10.8. The Morgan fingerprint density at radius 2 is 1.90 bits per heavy atom. The average molecular weight is 308 g/mol. The molecule has 1 heterocycles. The van der Waals surface area contributed by atoms with Crippen molar-refractivity contribution in [3.63, 3.8) is 0 Å². The molecule has 0 aliphatic heterocycles. The SMILES string of the molecule is Nc1ccc(-c2nnnn2-c2ccc(F)cc2F)c(Cl)c1. The highest BCUT2D eigenvalue weighted by atomic mass is 35.5. The Kier molecular flexibility index (Phi) is 3.26. The van der Waals surface area contributed by atoms with Gasteiger partial charge in [-0.05, 0) is 40.8 Å². The van der Waals surface area contributed by atoms with E-state index in [2.05, 4.69) is 15.5 Å². The topological polar surface area (TPSA) is 69.6 Å². The summed E-state index contributed by atoms with van der Waals surface area (Å²) in [5.41, 5.74) is 6.61. The van der Waals surface area contributed by atoms with E-state index >= 15 is 0 Å². The number of tetrazole rings is 1. The lowest BCUT2D eigenvalue weighted by atomic mass is 10.2. The molecule has 0 saturated carbocycles. The molecule has 3 aromatic rings. The van der Waals surface area contributed by atoms with Crippen molar-refractivity contribution in [2.45, 2.75) is 0 Å². The van der Waals surface area contributed by atoms with Crippen molar-refractivity contribution in [1.82, 2.24) is 20.2 Å². The van der Waals surface area contributed by atoms with Crippen LogP contribution in [0.1, 0.15) is 0 Å². The lowest BCUT2D eigenvalue weighted by Gasteiger charge is -2.07. The summed E-state index contributed by atoms with van der Waals surface area (Å²) in [5.74, 6) is -1.24. The number of nitrogens with two attached hydrogens (primary N) is 1. The maximum absolute atomic E-state index is 13.9. The number of rotatable bonds is 2. The summed E-state index contributed by atoms with van der Waals surface area (Å²) in [5, 5.41) is 11.4. The van der Waals surface area contributed by atoms with Crippen LogP contribution >= 0.6 is 11.6 Å². The zero-order valence-corrected chi connectivity index (χ0v) is 11.2. The average Bonchev–Trinajstić information content (AvgIpc) is 2.87. The lowest BCUT2D eigenvalue weighted by molar-refractivity contribution is 0.572. The van der Waals surface area contributed by atoms with Gasteiger partial charge in [-0.2, -0.15) is 4.68 Å². The maximum atomic E-state index is 13.9. The predicted molar refractivity (Wildman–Crippen MR) is 73.9 cm³/mol. The van der Waals surface area contributed by atoms with E-state index in [0.29, 0.717) is 16.3 Å². The molecule has 2 aromatic carbocycles. The van der Waals surface area contributed by atoms with Crippen molar-refractivity contribution >= 4 is 17.3 Å². The van der Waals surface area contributed by atoms with Gasteiger partial charge in [0.05, 0.1) is 5.02 Å². The monoisotopic (exact) mass is 307 g/mol. The molecule has 0 amide bonds. The van der Waals surface area contributed by atoms with Crippen LogP contribution in [-0.4, -0.2) is 20.2 Å². The van der Waals surface area contributed by atoms with Crippen LogP contribution in [0.25, 0.3) is 17.1 Å². The van der Waals surface area contributed by atoms with E-state index < -0.39 is 11.6 Å². The van der Waals surface area contributed by atoms with Crippen LogP contribution in [-0.2, 0) is 0 Å². The van der Waals surface area contributed by atoms with Gasteiger partial charge < -0.3 is 5.73 Å². The third-order valence-electron chi connectivity index (χ3n) is 2.84. The van der Waals surface area contributed by atoms with Gasteiger partial charge >= 0.3 is 0 Å². The maximum Gasteiger partial charge on any atom is 0.188 e. The summed E-state index contributed by atoms with van der Waals surface area (Å²) in [4.78, 5) is 0. The molecule has 8 heteroatoms. The van der Waals surface area contributed by atoms with Crippen molar-refractivity contribution < 1.29 is 8.78 Å². The van der Waals surface area contributed by atoms with Gasteiger partial charge in [0.25, 0.3) is 0 Å². The summed E-state index contributed by atoms with van der Waals surface area (Å²) < 4.78 is 28.0. The molecule has 2 N–H and O–H groups in total. The van der Waals surface area contributed by atoms with E-state index in [0.717, 1.165) is 16.8 Å². The molecule has 0 unspecified atom stereocenters. The second kappa shape index (κ2) is 5.10. The molecular formula is C13H8ClF2N5. The highest BCUT2D eigenvalue weighted by molar-refractivity contribution is 6.33. The molecule has 0 bridgehead atoms. The first-order valence-electron chi connectivity index (χ1n) is 5.85. The highest BCUT2D eigenvalue weighted by Crippen LogP contribution is 2.29. The molecule has 1 aromatic heterocycles. The molecule has 0 aliphatic carbocycles. The number of nitrogen functional groups attached to an aromatic ring is 1. The number of halogens is 3. The summed E-state index contributed by atoms with van der Waals surface area (Å²) in [6.45, 7) is 0. The molecule has 0 fully saturated rings. The fraction of sp³-hybridized carbons (Fsp3) is 0. The van der Waals surface area contributed by atoms with E-state index in [1.165, 1.54) is 12.1 Å². The number of benzene rings is 2. The first-order valence-corrected chi connectivity index (χ1v) is 6.23. The third-order valence-corrected chi connectivity index (χ3v) is 3.15. The first kappa shape index (κ1) is 13.4. The minimum atomic E-state index is -0.782. The summed E-state index contributed by atoms with van der Waals surface area (Å²) in [6, 6.07) is 7.91. The molecule has 0 atom stereocenters. The molecule has 106 valence electrons. The van der Waals surface area contributed by atoms with Crippen LogP contribution in [0.3, 0.4) is 0 Å². The van der Waals surface area contributed by atoms with Crippen LogP contribution in [0, 0.1) is 11.6 Å². The number of aromatic nitrogens is 4. The van der Waals surface area contributed by atoms with E-state index in [4.69, 9.17) is 17.3 Å². The third kappa shape index (κ3) is 2.43. The van der Waals surface area contributed by atoms with Crippen molar-refractivity contribution in [3.05, 3.63) is 53.1 Å². The van der Waals surface area contributed by atoms with E-state index in [1.54, 1.807) is 12.1 Å². The van der Waals surface area contributed by atoms with E-state index in [-0.39, 0.29) is 11.5 Å². The number of nitrogens with zero attached hydrogens (tertiary/aromatic N) is 4. The quantitative estimate of drug-likeness (QED) is 0.739. The van der Waals surface area contributed by atoms with Crippen molar-refractivity contribution in [3.8, 4) is 17.1 Å². The summed E-state index contributed by atoms with van der Waals surface area (Å²) in [7, 11) is 0. The highest BCUT2D eigenvalue weighted by Gasteiger charge is 2.16. The Morgan fingerprint density at radius 3 is 2.62 bits per heavy atom. The van der Waals surface area contributed by atoms with Gasteiger partial charge in [-0.25, -0.2) is 8.78 Å². The van der Waals surface area contributed by atoms with Gasteiger partial charge in [-0.1, -0.05) is 11.6 Å². The lowest BCUT2D eigenvalue weighted by Crippen LogP contribution is -2.03. The Bertz CT molecular complexity index is 752. The van der Waals surface area contributed by atoms with Gasteiger partial charge in [-0.3, -0.25) is 0 Å². The number of anilines is 1. The second-order valence-electron chi connectivity index (χ2n) is 4.25. The predicted octanol–water partition coefficient (Wildman–Crippen LogP) is 2.84. The standard InChI is InChI=1S/C13H8ClF2N5/c14-10-6-8(17)2-3-9(10)13-18-19-20-21(13)12-4-1-7(15)5-11(12)16/h1-6H,17H2. The van der Waals surface area contributed by atoms with E-state index in [9.17, 15) is 8.78 Å². The van der Waals surface area contributed by atoms with Crippen LogP contribution in [0.2, 0.25) is 5.02 Å². The van der Waals surface area contributed by atoms with Gasteiger partial charge in [-0.15, -0.1) is 5.10 Å². The number of hydrogen-bond acceptors (Lipinski definition) is 4. The zero-order chi connectivity index (χ0) is 15.0. The van der Waals surface area contributed by atoms with Crippen molar-refractivity contribution in [2.75, 3.05) is 5.73 Å². The molecular weight excluding hydrogens is 300 g/mol. The molecule has 0 aliphatic rings. The van der Waals surface area contributed by atoms with Gasteiger partial charge in [0.1, 0.15) is 11.5 Å². The summed E-state index contributed by atoms with van der Waals surface area (Å²) >= 11 is 6.10. The smallest absolute Gasteiger partial charge is 0.188 e. The number of hydrogen-bond donors (Lipinski definition) is 1. The first-order chi connectivity index (χ1) is 10.1. The van der Waals surface area contributed by atoms with Crippen molar-refractivity contribution in [2.24, 2.45) is 0 Å². The minimum Gasteiger partial charge on any atom is -0.399 e. The fourth-order valence-electron chi connectivity index (χ4n) is 1.88. The Balaban J connectivity index is 2.17. The van der Waals surface area contributed by atoms with Gasteiger partial charge in [0.2, 0.25) is 0 Å². The van der Waals surface area contributed by atoms with Crippen LogP contribution in [0.4, 0.5) is 14.5 Å². The molecule has 0 radical (unpaired) electrons. The van der Waals surface area contributed by atoms with Crippen LogP contribution < -0.4 is 5.73 Å². The Morgan fingerprint density at radius 1 is 1.10 bits per heavy atom. The molecule has 21 heavy (non-hydrogen) atoms. The molecule has 3 rings (SSSR count). The Hall–Kier alpha value is -2.54. The van der Waals surface area contributed by atoms with Crippen LogP contribution in [0.15, 0.2) is 36.4 Å². The van der Waals surface area contributed by atoms with E-state index in [1.807, 2.05) is 0 Å². The minimum absolute atomic E-state index is 0.0179. The van der Waals surface area contributed by atoms with Crippen LogP contribution in [0.5, 0.6) is 0 Å². The zero-order valence-electron chi connectivity index (χ0n) is 10.5.